The van der Waals surface area contributed by atoms with E-state index in [1.54, 1.807) is 6.92 Å². The monoisotopic (exact) mass is 310 g/mol. The number of hydrogen-bond donors (Lipinski definition) is 3. The van der Waals surface area contributed by atoms with Gasteiger partial charge in [0.15, 0.2) is 0 Å². The molecule has 2 heterocycles. The lowest BCUT2D eigenvalue weighted by molar-refractivity contribution is -0.904. The molecular weight excluding hydrogens is 282 g/mol. The molecule has 3 N–H and O–H groups in total. The van der Waals surface area contributed by atoms with Crippen LogP contribution in [0.3, 0.4) is 0 Å². The summed E-state index contributed by atoms with van der Waals surface area (Å²) in [6.07, 6.45) is 3.14. The zero-order chi connectivity index (χ0) is 16.1. The number of ether oxygens (including phenoxy) is 1. The van der Waals surface area contributed by atoms with E-state index >= 15 is 0 Å². The van der Waals surface area contributed by atoms with Crippen molar-refractivity contribution in [3.63, 3.8) is 0 Å². The van der Waals surface area contributed by atoms with Crippen molar-refractivity contribution in [1.82, 2.24) is 10.6 Å². The van der Waals surface area contributed by atoms with Crippen molar-refractivity contribution in [2.24, 2.45) is 5.92 Å². The van der Waals surface area contributed by atoms with E-state index in [0.29, 0.717) is 31.1 Å². The Morgan fingerprint density at radius 2 is 2.18 bits per heavy atom. The summed E-state index contributed by atoms with van der Waals surface area (Å²) in [4.78, 5) is 25.6. The number of urea groups is 1. The number of esters is 1. The fraction of sp³-hybridized carbons (Fsp3) is 0.750. The molecule has 0 radical (unpaired) electrons. The third-order valence-corrected chi connectivity index (χ3v) is 4.44. The van der Waals surface area contributed by atoms with Crippen molar-refractivity contribution in [3.8, 4) is 0 Å². The highest BCUT2D eigenvalue weighted by atomic mass is 16.5. The average molecular weight is 310 g/mol. The van der Waals surface area contributed by atoms with E-state index in [-0.39, 0.29) is 18.0 Å². The minimum Gasteiger partial charge on any atom is -0.463 e. The summed E-state index contributed by atoms with van der Waals surface area (Å²) in [5.74, 6) is 0.371. The van der Waals surface area contributed by atoms with Gasteiger partial charge in [-0.1, -0.05) is 13.8 Å². The van der Waals surface area contributed by atoms with Gasteiger partial charge in [0.2, 0.25) is 0 Å². The van der Waals surface area contributed by atoms with E-state index in [1.165, 1.54) is 17.7 Å². The fourth-order valence-electron chi connectivity index (χ4n) is 3.41. The molecule has 6 nitrogen and oxygen atoms in total. The molecule has 1 saturated heterocycles. The number of rotatable bonds is 5. The number of likely N-dealkylation sites (tertiary alicyclic amines) is 1. The lowest BCUT2D eigenvalue weighted by Gasteiger charge is -2.32. The standard InChI is InChI=1S/C16H27N3O3/c1-4-12-14(15(20)22-5-2)13(18-16(21)17-12)10-19-8-6-7-11(3)9-19/h11-12H,4-10H2,1-3H3,(H2,17,18,21)/p+1/t11-,12+/m0/s1. The first-order valence-electron chi connectivity index (χ1n) is 8.36. The largest absolute Gasteiger partial charge is 0.463 e. The van der Waals surface area contributed by atoms with Crippen LogP contribution in [0, 0.1) is 5.92 Å². The molecule has 6 heteroatoms. The molecule has 0 spiro atoms. The molecule has 2 rings (SSSR count). The molecule has 3 atom stereocenters. The van der Waals surface area contributed by atoms with Crippen LogP contribution in [0.5, 0.6) is 0 Å². The van der Waals surface area contributed by atoms with Crippen molar-refractivity contribution in [1.29, 1.82) is 0 Å². The Morgan fingerprint density at radius 1 is 1.41 bits per heavy atom. The summed E-state index contributed by atoms with van der Waals surface area (Å²) in [5, 5.41) is 5.65. The van der Waals surface area contributed by atoms with Gasteiger partial charge < -0.3 is 20.3 Å². The Kier molecular flexibility index (Phi) is 5.83. The third kappa shape index (κ3) is 4.00. The normalized spacial score (nSPS) is 28.9. The molecular formula is C16H28N3O3+. The van der Waals surface area contributed by atoms with Gasteiger partial charge in [0.25, 0.3) is 0 Å². The molecule has 124 valence electrons. The van der Waals surface area contributed by atoms with Crippen molar-refractivity contribution >= 4 is 12.0 Å². The molecule has 0 saturated carbocycles. The highest BCUT2D eigenvalue weighted by Gasteiger charge is 2.33. The molecule has 0 aromatic carbocycles. The Balaban J connectivity index is 2.22. The van der Waals surface area contributed by atoms with Gasteiger partial charge in [-0.2, -0.15) is 0 Å². The van der Waals surface area contributed by atoms with E-state index in [4.69, 9.17) is 4.74 Å². The summed E-state index contributed by atoms with van der Waals surface area (Å²) in [6, 6.07) is -0.483. The van der Waals surface area contributed by atoms with Crippen LogP contribution in [-0.2, 0) is 9.53 Å². The molecule has 1 unspecified atom stereocenters. The molecule has 1 fully saturated rings. The quantitative estimate of drug-likeness (QED) is 0.636. The molecule has 0 aromatic heterocycles. The van der Waals surface area contributed by atoms with Crippen LogP contribution in [0.25, 0.3) is 0 Å². The summed E-state index contributed by atoms with van der Waals surface area (Å²) < 4.78 is 5.19. The van der Waals surface area contributed by atoms with E-state index in [2.05, 4.69) is 17.6 Å². The minimum atomic E-state index is -0.318. The lowest BCUT2D eigenvalue weighted by atomic mass is 9.97. The van der Waals surface area contributed by atoms with Crippen molar-refractivity contribution in [2.45, 2.75) is 46.1 Å². The summed E-state index contributed by atoms with van der Waals surface area (Å²) in [7, 11) is 0. The van der Waals surface area contributed by atoms with Gasteiger partial charge in [-0.3, -0.25) is 0 Å². The van der Waals surface area contributed by atoms with E-state index in [1.807, 2.05) is 6.92 Å². The number of amides is 2. The molecule has 22 heavy (non-hydrogen) atoms. The van der Waals surface area contributed by atoms with Crippen LogP contribution in [-0.4, -0.2) is 44.3 Å². The van der Waals surface area contributed by atoms with E-state index in [0.717, 1.165) is 18.8 Å². The molecule has 0 bridgehead atoms. The molecule has 2 aliphatic rings. The topological polar surface area (TPSA) is 71.9 Å². The second-order valence-corrected chi connectivity index (χ2v) is 6.30. The summed E-state index contributed by atoms with van der Waals surface area (Å²) in [5.41, 5.74) is 1.33. The Morgan fingerprint density at radius 3 is 2.82 bits per heavy atom. The predicted octanol–water partition coefficient (Wildman–Crippen LogP) is 0.210. The van der Waals surface area contributed by atoms with Crippen molar-refractivity contribution < 1.29 is 19.2 Å². The van der Waals surface area contributed by atoms with Gasteiger partial charge in [0, 0.05) is 5.92 Å². The number of nitrogens with one attached hydrogen (secondary N) is 3. The number of carbonyl (C=O) groups is 2. The van der Waals surface area contributed by atoms with Gasteiger partial charge in [-0.25, -0.2) is 9.59 Å². The smallest absolute Gasteiger partial charge is 0.338 e. The van der Waals surface area contributed by atoms with Crippen LogP contribution in [0.2, 0.25) is 0 Å². The number of piperidine rings is 1. The van der Waals surface area contributed by atoms with Gasteiger partial charge in [-0.05, 0) is 26.2 Å². The van der Waals surface area contributed by atoms with Crippen molar-refractivity contribution in [3.05, 3.63) is 11.3 Å². The maximum atomic E-state index is 12.3. The number of carbonyl (C=O) groups excluding carboxylic acids is 2. The number of quaternary nitrogens is 1. The molecule has 2 aliphatic heterocycles. The molecule has 0 aliphatic carbocycles. The first kappa shape index (κ1) is 16.8. The maximum Gasteiger partial charge on any atom is 0.338 e. The Bertz CT molecular complexity index is 462. The first-order valence-corrected chi connectivity index (χ1v) is 8.36. The fourth-order valence-corrected chi connectivity index (χ4v) is 3.41. The lowest BCUT2D eigenvalue weighted by Crippen LogP contribution is -3.14. The SMILES string of the molecule is CCOC(=O)C1=C(C[NH+]2CCC[C@H](C)C2)NC(=O)N[C@@H]1CC. The molecule has 0 aromatic rings. The highest BCUT2D eigenvalue weighted by Crippen LogP contribution is 2.16. The zero-order valence-corrected chi connectivity index (χ0v) is 13.8. The van der Waals surface area contributed by atoms with Crippen LogP contribution in [0.1, 0.15) is 40.0 Å². The third-order valence-electron chi connectivity index (χ3n) is 4.44. The second-order valence-electron chi connectivity index (χ2n) is 6.30. The predicted molar refractivity (Wildman–Crippen MR) is 83.4 cm³/mol. The first-order chi connectivity index (χ1) is 10.5. The van der Waals surface area contributed by atoms with E-state index < -0.39 is 0 Å². The van der Waals surface area contributed by atoms with Crippen LogP contribution < -0.4 is 15.5 Å². The second kappa shape index (κ2) is 7.63. The van der Waals surface area contributed by atoms with Crippen molar-refractivity contribution in [2.75, 3.05) is 26.2 Å². The molecule has 2 amide bonds. The van der Waals surface area contributed by atoms with Gasteiger partial charge in [-0.15, -0.1) is 0 Å². The summed E-state index contributed by atoms with van der Waals surface area (Å²) >= 11 is 0. The van der Waals surface area contributed by atoms with E-state index in [9.17, 15) is 9.59 Å². The average Bonchev–Trinajstić information content (AvgIpc) is 2.46. The Labute approximate surface area is 132 Å². The maximum absolute atomic E-state index is 12.3. The van der Waals surface area contributed by atoms with Gasteiger partial charge >= 0.3 is 12.0 Å². The van der Waals surface area contributed by atoms with Crippen LogP contribution in [0.15, 0.2) is 11.3 Å². The number of hydrogen-bond acceptors (Lipinski definition) is 3. The highest BCUT2D eigenvalue weighted by molar-refractivity contribution is 5.94. The van der Waals surface area contributed by atoms with Crippen LogP contribution in [0.4, 0.5) is 4.79 Å². The zero-order valence-electron chi connectivity index (χ0n) is 13.8. The van der Waals surface area contributed by atoms with Gasteiger partial charge in [0.05, 0.1) is 37.0 Å². The Hall–Kier alpha value is -1.56. The van der Waals surface area contributed by atoms with Gasteiger partial charge in [0.1, 0.15) is 6.54 Å². The van der Waals surface area contributed by atoms with Crippen LogP contribution >= 0.6 is 0 Å². The summed E-state index contributed by atoms with van der Waals surface area (Å²) in [6.45, 7) is 9.21. The minimum absolute atomic E-state index is 0.223.